The molecule has 0 aliphatic rings. The number of halogens is 1. The normalized spacial score (nSPS) is 12.7. The van der Waals surface area contributed by atoms with Gasteiger partial charge in [0.2, 0.25) is 0 Å². The second kappa shape index (κ2) is 6.82. The second-order valence-electron chi connectivity index (χ2n) is 6.25. The number of aromatic nitrogens is 3. The van der Waals surface area contributed by atoms with Crippen molar-refractivity contribution in [3.8, 4) is 5.69 Å². The van der Waals surface area contributed by atoms with Crippen LogP contribution in [0.4, 0.5) is 0 Å². The Morgan fingerprint density at radius 1 is 1.23 bits per heavy atom. The summed E-state index contributed by atoms with van der Waals surface area (Å²) in [6, 6.07) is 15.2. The lowest BCUT2D eigenvalue weighted by atomic mass is 10.2. The smallest absolute Gasteiger partial charge is 0.283 e. The molecule has 0 fully saturated rings. The molecule has 0 saturated heterocycles. The Labute approximate surface area is 160 Å². The van der Waals surface area contributed by atoms with Crippen molar-refractivity contribution in [1.29, 1.82) is 0 Å². The number of hydrogen-bond acceptors (Lipinski definition) is 3. The van der Waals surface area contributed by atoms with Crippen LogP contribution in [0, 0.1) is 0 Å². The summed E-state index contributed by atoms with van der Waals surface area (Å²) in [5, 5.41) is 2.58. The van der Waals surface area contributed by atoms with E-state index in [2.05, 4.69) is 18.8 Å². The molecular formula is C20H18ClN3OS. The lowest BCUT2D eigenvalue weighted by Crippen LogP contribution is -2.22. The number of nitrogens with one attached hydrogen (secondary N) is 1. The van der Waals surface area contributed by atoms with Crippen molar-refractivity contribution in [2.24, 2.45) is 0 Å². The maximum Gasteiger partial charge on any atom is 0.283 e. The van der Waals surface area contributed by atoms with Gasteiger partial charge in [0.05, 0.1) is 5.69 Å². The standard InChI is InChI=1S/C20H18ClN3OS/c1-3-12(2)26-20-23-17-15-9-4-5-10-16(15)22-18(17)19(25)24(20)14-8-6-7-13(21)11-14/h4-12,22H,3H2,1-2H3/t12-/m1/s1. The molecule has 0 amide bonds. The van der Waals surface area contributed by atoms with Crippen LogP contribution in [0.3, 0.4) is 0 Å². The molecule has 4 rings (SSSR count). The molecule has 1 atom stereocenters. The van der Waals surface area contributed by atoms with E-state index in [1.54, 1.807) is 28.5 Å². The van der Waals surface area contributed by atoms with E-state index in [1.165, 1.54) is 0 Å². The van der Waals surface area contributed by atoms with E-state index in [0.29, 0.717) is 20.9 Å². The van der Waals surface area contributed by atoms with Gasteiger partial charge in [-0.2, -0.15) is 0 Å². The lowest BCUT2D eigenvalue weighted by Gasteiger charge is -2.15. The number of H-pyrrole nitrogens is 1. The molecule has 0 aliphatic heterocycles. The van der Waals surface area contributed by atoms with Crippen LogP contribution in [0.1, 0.15) is 20.3 Å². The van der Waals surface area contributed by atoms with E-state index in [1.807, 2.05) is 36.4 Å². The number of fused-ring (bicyclic) bond motifs is 3. The number of thioether (sulfide) groups is 1. The average molecular weight is 384 g/mol. The number of nitrogens with zero attached hydrogens (tertiary/aromatic N) is 2. The third-order valence-corrected chi connectivity index (χ3v) is 5.90. The van der Waals surface area contributed by atoms with Crippen molar-refractivity contribution in [3.05, 3.63) is 63.9 Å². The number of aromatic amines is 1. The molecule has 4 aromatic rings. The molecule has 2 heterocycles. The minimum atomic E-state index is -0.112. The van der Waals surface area contributed by atoms with Gasteiger partial charge < -0.3 is 4.98 Å². The molecule has 2 aromatic heterocycles. The maximum atomic E-state index is 13.3. The van der Waals surface area contributed by atoms with Crippen LogP contribution in [0.25, 0.3) is 27.6 Å². The van der Waals surface area contributed by atoms with Crippen molar-refractivity contribution in [2.75, 3.05) is 0 Å². The molecule has 0 aliphatic carbocycles. The zero-order valence-corrected chi connectivity index (χ0v) is 16.1. The van der Waals surface area contributed by atoms with Crippen LogP contribution in [-0.2, 0) is 0 Å². The van der Waals surface area contributed by atoms with Crippen molar-refractivity contribution < 1.29 is 0 Å². The molecule has 0 unspecified atom stereocenters. The highest BCUT2D eigenvalue weighted by atomic mass is 35.5. The molecule has 0 spiro atoms. The first-order chi connectivity index (χ1) is 12.6. The SMILES string of the molecule is CC[C@@H](C)Sc1nc2c([nH]c3ccccc32)c(=O)n1-c1cccc(Cl)c1. The van der Waals surface area contributed by atoms with Gasteiger partial charge in [-0.15, -0.1) is 0 Å². The Hall–Kier alpha value is -2.24. The zero-order valence-electron chi connectivity index (χ0n) is 14.5. The molecule has 2 aromatic carbocycles. The first-order valence-electron chi connectivity index (χ1n) is 8.54. The molecule has 0 radical (unpaired) electrons. The summed E-state index contributed by atoms with van der Waals surface area (Å²) < 4.78 is 1.65. The summed E-state index contributed by atoms with van der Waals surface area (Å²) >= 11 is 7.77. The van der Waals surface area contributed by atoms with Gasteiger partial charge in [-0.25, -0.2) is 4.98 Å². The van der Waals surface area contributed by atoms with Crippen LogP contribution in [0.5, 0.6) is 0 Å². The Morgan fingerprint density at radius 3 is 2.81 bits per heavy atom. The topological polar surface area (TPSA) is 50.7 Å². The maximum absolute atomic E-state index is 13.3. The Balaban J connectivity index is 2.07. The number of benzene rings is 2. The van der Waals surface area contributed by atoms with Crippen LogP contribution in [-0.4, -0.2) is 19.8 Å². The van der Waals surface area contributed by atoms with E-state index in [4.69, 9.17) is 16.6 Å². The summed E-state index contributed by atoms with van der Waals surface area (Å²) in [5.74, 6) is 0. The van der Waals surface area contributed by atoms with Gasteiger partial charge in [-0.1, -0.05) is 61.5 Å². The van der Waals surface area contributed by atoms with E-state index in [0.717, 1.165) is 28.5 Å². The third kappa shape index (κ3) is 2.91. The first-order valence-corrected chi connectivity index (χ1v) is 9.80. The molecule has 0 saturated carbocycles. The molecule has 26 heavy (non-hydrogen) atoms. The van der Waals surface area contributed by atoms with Gasteiger partial charge in [0.25, 0.3) is 5.56 Å². The average Bonchev–Trinajstić information content (AvgIpc) is 3.01. The summed E-state index contributed by atoms with van der Waals surface area (Å²) in [4.78, 5) is 21.4. The van der Waals surface area contributed by atoms with Gasteiger partial charge in [0.1, 0.15) is 11.0 Å². The predicted octanol–water partition coefficient (Wildman–Crippen LogP) is 5.41. The molecule has 0 bridgehead atoms. The summed E-state index contributed by atoms with van der Waals surface area (Å²) in [6.45, 7) is 4.27. The van der Waals surface area contributed by atoms with Gasteiger partial charge in [-0.3, -0.25) is 9.36 Å². The van der Waals surface area contributed by atoms with Crippen molar-refractivity contribution >= 4 is 45.3 Å². The Morgan fingerprint density at radius 2 is 2.04 bits per heavy atom. The Kier molecular flexibility index (Phi) is 4.51. The zero-order chi connectivity index (χ0) is 18.3. The van der Waals surface area contributed by atoms with Gasteiger partial charge in [-0.05, 0) is 30.7 Å². The van der Waals surface area contributed by atoms with Gasteiger partial charge >= 0.3 is 0 Å². The van der Waals surface area contributed by atoms with Gasteiger partial charge in [0, 0.05) is 21.2 Å². The lowest BCUT2D eigenvalue weighted by molar-refractivity contribution is 0.806. The highest BCUT2D eigenvalue weighted by Crippen LogP contribution is 2.29. The van der Waals surface area contributed by atoms with Crippen LogP contribution < -0.4 is 5.56 Å². The highest BCUT2D eigenvalue weighted by molar-refractivity contribution is 7.99. The fourth-order valence-corrected chi connectivity index (χ4v) is 4.08. The van der Waals surface area contributed by atoms with E-state index >= 15 is 0 Å². The van der Waals surface area contributed by atoms with Crippen LogP contribution >= 0.6 is 23.4 Å². The van der Waals surface area contributed by atoms with Crippen LogP contribution in [0.2, 0.25) is 5.02 Å². The predicted molar refractivity (Wildman–Crippen MR) is 110 cm³/mol. The van der Waals surface area contributed by atoms with Gasteiger partial charge in [0.15, 0.2) is 5.16 Å². The quantitative estimate of drug-likeness (QED) is 0.378. The fourth-order valence-electron chi connectivity index (χ4n) is 2.93. The highest BCUT2D eigenvalue weighted by Gasteiger charge is 2.18. The summed E-state index contributed by atoms with van der Waals surface area (Å²) in [6.07, 6.45) is 0.988. The number of hydrogen-bond donors (Lipinski definition) is 1. The largest absolute Gasteiger partial charge is 0.349 e. The monoisotopic (exact) mass is 383 g/mol. The molecule has 4 nitrogen and oxygen atoms in total. The summed E-state index contributed by atoms with van der Waals surface area (Å²) in [7, 11) is 0. The van der Waals surface area contributed by atoms with E-state index in [9.17, 15) is 4.79 Å². The molecule has 1 N–H and O–H groups in total. The summed E-state index contributed by atoms with van der Waals surface area (Å²) in [5.41, 5.74) is 2.76. The second-order valence-corrected chi connectivity index (χ2v) is 8.09. The van der Waals surface area contributed by atoms with Crippen LogP contribution in [0.15, 0.2) is 58.5 Å². The van der Waals surface area contributed by atoms with E-state index in [-0.39, 0.29) is 5.56 Å². The minimum absolute atomic E-state index is 0.112. The molecular weight excluding hydrogens is 366 g/mol. The number of para-hydroxylation sites is 1. The first kappa shape index (κ1) is 17.2. The van der Waals surface area contributed by atoms with Crippen molar-refractivity contribution in [2.45, 2.75) is 30.7 Å². The number of rotatable bonds is 4. The molecule has 6 heteroatoms. The Bertz CT molecular complexity index is 1160. The van der Waals surface area contributed by atoms with Crippen molar-refractivity contribution in [3.63, 3.8) is 0 Å². The third-order valence-electron chi connectivity index (χ3n) is 4.44. The minimum Gasteiger partial charge on any atom is -0.349 e. The van der Waals surface area contributed by atoms with E-state index < -0.39 is 0 Å². The fraction of sp³-hybridized carbons (Fsp3) is 0.200. The molecule has 132 valence electrons. The van der Waals surface area contributed by atoms with Crippen molar-refractivity contribution in [1.82, 2.24) is 14.5 Å².